The number of carboxylic acid groups (broad SMARTS) is 1. The van der Waals surface area contributed by atoms with Crippen LogP contribution in [0.4, 0.5) is 24.7 Å². The van der Waals surface area contributed by atoms with Gasteiger partial charge in [-0.15, -0.1) is 0 Å². The molecule has 0 bridgehead atoms. The molecule has 4 aromatic rings. The van der Waals surface area contributed by atoms with Crippen LogP contribution in [0.3, 0.4) is 0 Å². The number of carboxylic acids is 1. The van der Waals surface area contributed by atoms with Crippen molar-refractivity contribution >= 4 is 29.0 Å². The van der Waals surface area contributed by atoms with Gasteiger partial charge in [-0.3, -0.25) is 18.9 Å². The summed E-state index contributed by atoms with van der Waals surface area (Å²) in [4.78, 5) is 33.0. The van der Waals surface area contributed by atoms with Crippen molar-refractivity contribution in [1.29, 1.82) is 0 Å². The van der Waals surface area contributed by atoms with Gasteiger partial charge in [0, 0.05) is 42.7 Å². The number of nitrogens with one attached hydrogen (secondary N) is 1. The SMILES string of the molecule is CN(c1nc(Cc2ccc(NC(=O)c3ccc(C(F)(F)F)cc3)cc2)n2ccnc2c1CC(=O)O)C(O)(O)O. The summed E-state index contributed by atoms with van der Waals surface area (Å²) in [6.07, 6.45) is -5.27. The number of aliphatic hydroxyl groups is 3. The molecule has 0 saturated carbocycles. The monoisotopic (exact) mass is 545 g/mol. The number of halogens is 3. The zero-order valence-corrected chi connectivity index (χ0v) is 20.2. The van der Waals surface area contributed by atoms with E-state index in [0.717, 1.165) is 31.3 Å². The van der Waals surface area contributed by atoms with Gasteiger partial charge in [0.15, 0.2) is 0 Å². The fourth-order valence-corrected chi connectivity index (χ4v) is 3.83. The van der Waals surface area contributed by atoms with Gasteiger partial charge in [0.1, 0.15) is 17.3 Å². The first-order valence-corrected chi connectivity index (χ1v) is 11.3. The molecule has 2 aromatic heterocycles. The summed E-state index contributed by atoms with van der Waals surface area (Å²) >= 11 is 0. The average Bonchev–Trinajstić information content (AvgIpc) is 3.35. The topological polar surface area (TPSA) is 161 Å². The molecule has 0 aliphatic heterocycles. The third kappa shape index (κ3) is 6.14. The molecule has 0 aliphatic rings. The predicted octanol–water partition coefficient (Wildman–Crippen LogP) is 2.24. The van der Waals surface area contributed by atoms with Gasteiger partial charge < -0.3 is 25.7 Å². The van der Waals surface area contributed by atoms with Crippen LogP contribution in [0.25, 0.3) is 5.65 Å². The number of hydrogen-bond donors (Lipinski definition) is 5. The quantitative estimate of drug-likeness (QED) is 0.209. The second kappa shape index (κ2) is 10.3. The van der Waals surface area contributed by atoms with E-state index in [2.05, 4.69) is 15.3 Å². The number of fused-ring (bicyclic) bond motifs is 1. The summed E-state index contributed by atoms with van der Waals surface area (Å²) in [6.45, 7) is 0. The van der Waals surface area contributed by atoms with Crippen molar-refractivity contribution in [2.75, 3.05) is 17.3 Å². The van der Waals surface area contributed by atoms with Crippen molar-refractivity contribution in [1.82, 2.24) is 14.4 Å². The minimum atomic E-state index is -4.51. The Morgan fingerprint density at radius 3 is 2.23 bits per heavy atom. The third-order valence-corrected chi connectivity index (χ3v) is 5.84. The molecule has 1 amide bonds. The largest absolute Gasteiger partial charge is 0.481 e. The maximum atomic E-state index is 12.7. The summed E-state index contributed by atoms with van der Waals surface area (Å²) in [5.74, 6) is -1.71. The Bertz CT molecular complexity index is 1510. The Kier molecular flexibility index (Phi) is 7.28. The number of aromatic nitrogens is 3. The molecule has 204 valence electrons. The molecule has 2 heterocycles. The summed E-state index contributed by atoms with van der Waals surface area (Å²) in [6, 6.07) is 10.3. The molecular formula is C25H22F3N5O6. The van der Waals surface area contributed by atoms with E-state index in [-0.39, 0.29) is 29.0 Å². The van der Waals surface area contributed by atoms with Crippen LogP contribution in [0.15, 0.2) is 60.9 Å². The Morgan fingerprint density at radius 1 is 1.03 bits per heavy atom. The zero-order valence-electron chi connectivity index (χ0n) is 20.2. The minimum absolute atomic E-state index is 0.0431. The molecule has 5 N–H and O–H groups in total. The number of benzene rings is 2. The van der Waals surface area contributed by atoms with Crippen molar-refractivity contribution in [2.45, 2.75) is 25.1 Å². The predicted molar refractivity (Wildman–Crippen MR) is 131 cm³/mol. The fraction of sp³-hybridized carbons (Fsp3) is 0.200. The van der Waals surface area contributed by atoms with Crippen LogP contribution < -0.4 is 10.2 Å². The zero-order chi connectivity index (χ0) is 28.5. The average molecular weight is 545 g/mol. The van der Waals surface area contributed by atoms with Gasteiger partial charge in [0.05, 0.1) is 12.0 Å². The third-order valence-electron chi connectivity index (χ3n) is 5.84. The van der Waals surface area contributed by atoms with E-state index in [0.29, 0.717) is 22.0 Å². The number of aliphatic carboxylic acids is 1. The smallest absolute Gasteiger partial charge is 0.416 e. The Labute approximate surface area is 218 Å². The summed E-state index contributed by atoms with van der Waals surface area (Å²) in [5, 5.41) is 41.0. The number of imidazole rings is 1. The second-order valence-electron chi connectivity index (χ2n) is 8.58. The van der Waals surface area contributed by atoms with Crippen LogP contribution in [-0.4, -0.2) is 59.8 Å². The highest BCUT2D eigenvalue weighted by atomic mass is 19.4. The number of alkyl halides is 3. The van der Waals surface area contributed by atoms with Crippen LogP contribution in [-0.2, 0) is 23.8 Å². The molecule has 39 heavy (non-hydrogen) atoms. The van der Waals surface area contributed by atoms with Crippen LogP contribution in [0.1, 0.15) is 32.9 Å². The van der Waals surface area contributed by atoms with Gasteiger partial charge in [-0.25, -0.2) is 9.97 Å². The number of hydrogen-bond acceptors (Lipinski definition) is 8. The molecule has 14 heteroatoms. The van der Waals surface area contributed by atoms with E-state index in [1.165, 1.54) is 10.6 Å². The number of rotatable bonds is 8. The number of carbonyl (C=O) groups is 2. The first-order chi connectivity index (χ1) is 18.2. The second-order valence-corrected chi connectivity index (χ2v) is 8.58. The van der Waals surface area contributed by atoms with Crippen molar-refractivity contribution in [3.63, 3.8) is 0 Å². The van der Waals surface area contributed by atoms with Gasteiger partial charge in [-0.05, 0) is 42.0 Å². The molecular weight excluding hydrogens is 523 g/mol. The Hall–Kier alpha value is -4.53. The van der Waals surface area contributed by atoms with Crippen LogP contribution in [0.2, 0.25) is 0 Å². The number of nitrogens with zero attached hydrogens (tertiary/aromatic N) is 4. The van der Waals surface area contributed by atoms with Crippen molar-refractivity contribution in [3.05, 3.63) is 89.0 Å². The molecule has 0 aliphatic carbocycles. The molecule has 0 atom stereocenters. The van der Waals surface area contributed by atoms with E-state index in [9.17, 15) is 43.2 Å². The number of amides is 1. The van der Waals surface area contributed by atoms with Gasteiger partial charge in [-0.1, -0.05) is 12.1 Å². The Balaban J connectivity index is 1.58. The lowest BCUT2D eigenvalue weighted by atomic mass is 10.1. The molecule has 0 fully saturated rings. The molecule has 0 unspecified atom stereocenters. The maximum Gasteiger partial charge on any atom is 0.416 e. The van der Waals surface area contributed by atoms with E-state index in [1.54, 1.807) is 30.5 Å². The Morgan fingerprint density at radius 2 is 1.67 bits per heavy atom. The molecule has 0 spiro atoms. The highest BCUT2D eigenvalue weighted by Gasteiger charge is 2.32. The molecule has 2 aromatic carbocycles. The summed E-state index contributed by atoms with van der Waals surface area (Å²) in [5.41, 5.74) is 0.484. The van der Waals surface area contributed by atoms with Gasteiger partial charge in [0.2, 0.25) is 0 Å². The summed E-state index contributed by atoms with van der Waals surface area (Å²) in [7, 11) is 1.12. The van der Waals surface area contributed by atoms with E-state index in [4.69, 9.17) is 0 Å². The first kappa shape index (κ1) is 27.5. The summed E-state index contributed by atoms with van der Waals surface area (Å²) < 4.78 is 39.8. The lowest BCUT2D eigenvalue weighted by Gasteiger charge is -2.29. The van der Waals surface area contributed by atoms with E-state index in [1.807, 2.05) is 0 Å². The number of anilines is 2. The van der Waals surface area contributed by atoms with Gasteiger partial charge in [-0.2, -0.15) is 13.2 Å². The highest BCUT2D eigenvalue weighted by molar-refractivity contribution is 6.04. The van der Waals surface area contributed by atoms with Gasteiger partial charge in [0.25, 0.3) is 5.91 Å². The molecule has 11 nitrogen and oxygen atoms in total. The lowest BCUT2D eigenvalue weighted by Crippen LogP contribution is -2.47. The normalized spacial score (nSPS) is 12.0. The van der Waals surface area contributed by atoms with Gasteiger partial charge >= 0.3 is 18.2 Å². The lowest BCUT2D eigenvalue weighted by molar-refractivity contribution is -0.308. The van der Waals surface area contributed by atoms with Crippen LogP contribution in [0, 0.1) is 0 Å². The molecule has 0 radical (unpaired) electrons. The maximum absolute atomic E-state index is 12.7. The first-order valence-electron chi connectivity index (χ1n) is 11.3. The molecule has 4 rings (SSSR count). The van der Waals surface area contributed by atoms with E-state index >= 15 is 0 Å². The van der Waals surface area contributed by atoms with Crippen molar-refractivity contribution in [2.24, 2.45) is 0 Å². The highest BCUT2D eigenvalue weighted by Crippen LogP contribution is 2.29. The van der Waals surface area contributed by atoms with Crippen LogP contribution in [0.5, 0.6) is 0 Å². The van der Waals surface area contributed by atoms with Crippen molar-refractivity contribution in [3.8, 4) is 0 Å². The van der Waals surface area contributed by atoms with Crippen molar-refractivity contribution < 1.29 is 43.2 Å². The van der Waals surface area contributed by atoms with Crippen LogP contribution >= 0.6 is 0 Å². The fourth-order valence-electron chi connectivity index (χ4n) is 3.83. The minimum Gasteiger partial charge on any atom is -0.481 e. The standard InChI is InChI=1S/C25H22F3N5O6/c1-32(25(37,38)39)22-18(13-20(34)35)21-29-10-11-33(21)19(31-22)12-14-2-8-17(9-3-14)30-23(36)15-4-6-16(7-5-15)24(26,27)28/h2-11,37-39H,12-13H2,1H3,(H,30,36)(H,34,35). The van der Waals surface area contributed by atoms with E-state index < -0.39 is 36.1 Å². The molecule has 0 saturated heterocycles. The number of carbonyl (C=O) groups excluding carboxylic acids is 1.